The maximum atomic E-state index is 11.8. The van der Waals surface area contributed by atoms with Gasteiger partial charge in [0.15, 0.2) is 6.61 Å². The second kappa shape index (κ2) is 7.06. The number of carbonyl (C=O) groups is 1. The number of ether oxygens (including phenoxy) is 1. The van der Waals surface area contributed by atoms with Gasteiger partial charge in [0.1, 0.15) is 5.75 Å². The number of rotatable bonds is 5. The molecule has 1 aliphatic rings. The Balaban J connectivity index is 1.50. The summed E-state index contributed by atoms with van der Waals surface area (Å²) in [4.78, 5) is 11.8. The lowest BCUT2D eigenvalue weighted by Crippen LogP contribution is -2.20. The van der Waals surface area contributed by atoms with Crippen LogP contribution in [0.2, 0.25) is 0 Å². The highest BCUT2D eigenvalue weighted by Gasteiger charge is 2.21. The minimum atomic E-state index is -0.317. The summed E-state index contributed by atoms with van der Waals surface area (Å²) >= 11 is 0. The molecule has 2 aromatic rings. The molecule has 0 bridgehead atoms. The van der Waals surface area contributed by atoms with Crippen LogP contribution in [0.3, 0.4) is 0 Å². The highest BCUT2D eigenvalue weighted by atomic mass is 16.5. The molecule has 3 rings (SSSR count). The van der Waals surface area contributed by atoms with Crippen molar-refractivity contribution in [3.63, 3.8) is 0 Å². The third-order valence-electron chi connectivity index (χ3n) is 3.75. The molecule has 22 heavy (non-hydrogen) atoms. The number of anilines is 1. The number of nitrogens with zero attached hydrogens (tertiary/aromatic N) is 2. The third-order valence-corrected chi connectivity index (χ3v) is 3.75. The van der Waals surface area contributed by atoms with Crippen molar-refractivity contribution >= 4 is 11.9 Å². The minimum Gasteiger partial charge on any atom is -0.484 e. The molecule has 1 aromatic carbocycles. The van der Waals surface area contributed by atoms with Gasteiger partial charge in [-0.2, -0.15) is 0 Å². The van der Waals surface area contributed by atoms with Gasteiger partial charge in [-0.05, 0) is 25.0 Å². The molecule has 0 aliphatic heterocycles. The van der Waals surface area contributed by atoms with Crippen molar-refractivity contribution in [3.8, 4) is 5.75 Å². The lowest BCUT2D eigenvalue weighted by molar-refractivity contribution is -0.118. The number of para-hydroxylation sites is 1. The second-order valence-electron chi connectivity index (χ2n) is 5.43. The summed E-state index contributed by atoms with van der Waals surface area (Å²) in [7, 11) is 0. The van der Waals surface area contributed by atoms with Crippen molar-refractivity contribution in [2.24, 2.45) is 0 Å². The van der Waals surface area contributed by atoms with E-state index in [0.29, 0.717) is 17.6 Å². The standard InChI is InChI=1S/C16H19N3O3/c20-14(11-21-13-9-5-2-6-10-13)17-16-19-18-15(22-16)12-7-3-1-4-8-12/h2,5-6,9-10,12H,1,3-4,7-8,11H2,(H,17,19,20). The number of benzene rings is 1. The maximum absolute atomic E-state index is 11.8. The predicted molar refractivity (Wildman–Crippen MR) is 80.7 cm³/mol. The largest absolute Gasteiger partial charge is 0.484 e. The second-order valence-corrected chi connectivity index (χ2v) is 5.43. The lowest BCUT2D eigenvalue weighted by atomic mass is 9.89. The molecule has 0 unspecified atom stereocenters. The summed E-state index contributed by atoms with van der Waals surface area (Å²) in [5.41, 5.74) is 0. The summed E-state index contributed by atoms with van der Waals surface area (Å²) < 4.78 is 10.9. The van der Waals surface area contributed by atoms with Crippen molar-refractivity contribution in [3.05, 3.63) is 36.2 Å². The van der Waals surface area contributed by atoms with E-state index in [1.165, 1.54) is 19.3 Å². The van der Waals surface area contributed by atoms with E-state index in [1.807, 2.05) is 18.2 Å². The van der Waals surface area contributed by atoms with E-state index in [-0.39, 0.29) is 18.5 Å². The highest BCUT2D eigenvalue weighted by molar-refractivity contribution is 5.89. The monoisotopic (exact) mass is 301 g/mol. The Morgan fingerprint density at radius 3 is 2.73 bits per heavy atom. The molecular formula is C16H19N3O3. The predicted octanol–water partition coefficient (Wildman–Crippen LogP) is 3.13. The molecule has 1 heterocycles. The van der Waals surface area contributed by atoms with Gasteiger partial charge in [-0.1, -0.05) is 42.6 Å². The van der Waals surface area contributed by atoms with Gasteiger partial charge in [0.05, 0.1) is 0 Å². The Bertz CT molecular complexity index is 606. The van der Waals surface area contributed by atoms with E-state index in [4.69, 9.17) is 9.15 Å². The van der Waals surface area contributed by atoms with Crippen LogP contribution in [-0.2, 0) is 4.79 Å². The van der Waals surface area contributed by atoms with Crippen molar-refractivity contribution < 1.29 is 13.9 Å². The van der Waals surface area contributed by atoms with Gasteiger partial charge in [0.2, 0.25) is 5.89 Å². The molecule has 0 atom stereocenters. The van der Waals surface area contributed by atoms with Gasteiger partial charge in [-0.25, -0.2) is 0 Å². The quantitative estimate of drug-likeness (QED) is 0.918. The Morgan fingerprint density at radius 1 is 1.18 bits per heavy atom. The summed E-state index contributed by atoms with van der Waals surface area (Å²) in [6.07, 6.45) is 5.81. The fourth-order valence-corrected chi connectivity index (χ4v) is 2.62. The maximum Gasteiger partial charge on any atom is 0.322 e. The molecule has 116 valence electrons. The molecule has 1 N–H and O–H groups in total. The molecule has 1 aromatic heterocycles. The summed E-state index contributed by atoms with van der Waals surface area (Å²) in [6.45, 7) is -0.0921. The van der Waals surface area contributed by atoms with E-state index >= 15 is 0 Å². The molecule has 1 amide bonds. The van der Waals surface area contributed by atoms with Crippen LogP contribution in [0.15, 0.2) is 34.7 Å². The first-order chi connectivity index (χ1) is 10.8. The normalized spacial score (nSPS) is 15.5. The van der Waals surface area contributed by atoms with Gasteiger partial charge in [0.25, 0.3) is 5.91 Å². The Labute approximate surface area is 128 Å². The van der Waals surface area contributed by atoms with E-state index in [0.717, 1.165) is 12.8 Å². The smallest absolute Gasteiger partial charge is 0.322 e. The van der Waals surface area contributed by atoms with Crippen molar-refractivity contribution in [1.82, 2.24) is 10.2 Å². The van der Waals surface area contributed by atoms with Crippen LogP contribution in [0.1, 0.15) is 43.9 Å². The molecule has 0 spiro atoms. The third kappa shape index (κ3) is 3.84. The van der Waals surface area contributed by atoms with E-state index < -0.39 is 0 Å². The average Bonchev–Trinajstić information content (AvgIpc) is 3.03. The summed E-state index contributed by atoms with van der Waals surface area (Å²) in [5, 5.41) is 10.5. The van der Waals surface area contributed by atoms with Crippen LogP contribution in [0.5, 0.6) is 5.75 Å². The number of nitrogens with one attached hydrogen (secondary N) is 1. The van der Waals surface area contributed by atoms with Gasteiger partial charge in [0, 0.05) is 5.92 Å². The van der Waals surface area contributed by atoms with E-state index in [2.05, 4.69) is 15.5 Å². The summed E-state index contributed by atoms with van der Waals surface area (Å²) in [6, 6.07) is 9.31. The molecule has 1 aliphatic carbocycles. The lowest BCUT2D eigenvalue weighted by Gasteiger charge is -2.17. The van der Waals surface area contributed by atoms with E-state index in [9.17, 15) is 4.79 Å². The molecule has 6 nitrogen and oxygen atoms in total. The van der Waals surface area contributed by atoms with Crippen molar-refractivity contribution in [1.29, 1.82) is 0 Å². The minimum absolute atomic E-state index is 0.0921. The molecule has 0 saturated heterocycles. The Morgan fingerprint density at radius 2 is 1.95 bits per heavy atom. The number of carbonyl (C=O) groups excluding carboxylic acids is 1. The molecule has 0 radical (unpaired) electrons. The van der Waals surface area contributed by atoms with Gasteiger partial charge in [-0.15, -0.1) is 5.10 Å². The van der Waals surface area contributed by atoms with Crippen molar-refractivity contribution in [2.45, 2.75) is 38.0 Å². The first kappa shape index (κ1) is 14.6. The molecule has 6 heteroatoms. The van der Waals surface area contributed by atoms with E-state index in [1.54, 1.807) is 12.1 Å². The summed E-state index contributed by atoms with van der Waals surface area (Å²) in [5.74, 6) is 1.28. The first-order valence-electron chi connectivity index (χ1n) is 7.62. The zero-order valence-corrected chi connectivity index (χ0v) is 12.3. The van der Waals surface area contributed by atoms with Crippen LogP contribution < -0.4 is 10.1 Å². The average molecular weight is 301 g/mol. The Hall–Kier alpha value is -2.37. The van der Waals surface area contributed by atoms with Gasteiger partial charge >= 0.3 is 6.01 Å². The number of hydrogen-bond donors (Lipinski definition) is 1. The van der Waals surface area contributed by atoms with Crippen LogP contribution in [0.4, 0.5) is 6.01 Å². The van der Waals surface area contributed by atoms with Crippen LogP contribution in [0, 0.1) is 0 Å². The van der Waals surface area contributed by atoms with Crippen LogP contribution in [-0.4, -0.2) is 22.7 Å². The Kier molecular flexibility index (Phi) is 4.68. The van der Waals surface area contributed by atoms with Gasteiger partial charge < -0.3 is 9.15 Å². The number of hydrogen-bond acceptors (Lipinski definition) is 5. The topological polar surface area (TPSA) is 77.2 Å². The zero-order chi connectivity index (χ0) is 15.2. The highest BCUT2D eigenvalue weighted by Crippen LogP contribution is 2.32. The fourth-order valence-electron chi connectivity index (χ4n) is 2.62. The molecular weight excluding hydrogens is 282 g/mol. The first-order valence-corrected chi connectivity index (χ1v) is 7.62. The van der Waals surface area contributed by atoms with Gasteiger partial charge in [-0.3, -0.25) is 10.1 Å². The number of aromatic nitrogens is 2. The van der Waals surface area contributed by atoms with Crippen LogP contribution >= 0.6 is 0 Å². The van der Waals surface area contributed by atoms with Crippen LogP contribution in [0.25, 0.3) is 0 Å². The number of amides is 1. The molecule has 1 fully saturated rings. The molecule has 1 saturated carbocycles. The fraction of sp³-hybridized carbons (Fsp3) is 0.438. The van der Waals surface area contributed by atoms with Crippen molar-refractivity contribution in [2.75, 3.05) is 11.9 Å². The SMILES string of the molecule is O=C(COc1ccccc1)Nc1nnc(C2CCCCC2)o1. The zero-order valence-electron chi connectivity index (χ0n) is 12.3.